The molecule has 1 aliphatic rings. The topological polar surface area (TPSA) is 29.1 Å². The largest absolute Gasteiger partial charge is 0.307 e. The first-order chi connectivity index (χ1) is 3.83. The number of nitrogens with one attached hydrogen (secondary N) is 1. The molecule has 1 rings (SSSR count). The van der Waals surface area contributed by atoms with E-state index in [1.165, 1.54) is 0 Å². The smallest absolute Gasteiger partial charge is 0.216 e. The maximum atomic E-state index is 9.97. The fourth-order valence-corrected chi connectivity index (χ4v) is 1.00. The Hall–Kier alpha value is -0.370. The second kappa shape index (κ2) is 2.27. The van der Waals surface area contributed by atoms with Crippen LogP contribution in [0, 0.1) is 5.92 Å². The van der Waals surface area contributed by atoms with Gasteiger partial charge in [-0.15, -0.1) is 0 Å². The Kier molecular flexibility index (Phi) is 1.63. The minimum absolute atomic E-state index is 0.0185. The predicted molar refractivity (Wildman–Crippen MR) is 31.3 cm³/mol. The van der Waals surface area contributed by atoms with Gasteiger partial charge in [0.25, 0.3) is 0 Å². The summed E-state index contributed by atoms with van der Waals surface area (Å²) in [5.74, 6) is 0.654. The molecule has 2 heteroatoms. The van der Waals surface area contributed by atoms with Crippen molar-refractivity contribution in [1.82, 2.24) is 5.32 Å². The molecule has 1 heterocycles. The molecule has 0 bridgehead atoms. The lowest BCUT2D eigenvalue weighted by atomic mass is 10.1. The lowest BCUT2D eigenvalue weighted by Crippen LogP contribution is -2.21. The van der Waals surface area contributed by atoms with Crippen LogP contribution in [0.15, 0.2) is 0 Å². The summed E-state index contributed by atoms with van der Waals surface area (Å²) in [6.07, 6.45) is 2.90. The van der Waals surface area contributed by atoms with Crippen LogP contribution in [-0.4, -0.2) is 18.9 Å². The third-order valence-electron chi connectivity index (χ3n) is 1.49. The molecule has 1 saturated heterocycles. The molecule has 0 aromatic carbocycles. The van der Waals surface area contributed by atoms with Gasteiger partial charge in [0, 0.05) is 0 Å². The van der Waals surface area contributed by atoms with Gasteiger partial charge >= 0.3 is 0 Å². The van der Waals surface area contributed by atoms with E-state index in [1.807, 2.05) is 6.29 Å². The summed E-state index contributed by atoms with van der Waals surface area (Å²) in [5.41, 5.74) is 0. The third-order valence-corrected chi connectivity index (χ3v) is 1.49. The molecule has 2 atom stereocenters. The van der Waals surface area contributed by atoms with E-state index in [2.05, 4.69) is 12.2 Å². The lowest BCUT2D eigenvalue weighted by molar-refractivity contribution is 0.531. The standard InChI is InChI=1S/C6H10NO/c1-5-2-6(4-8)7-3-5/h5-7H,2-3H2,1H3/t5-,6+/m1/s1. The Bertz CT molecular complexity index is 92.5. The molecule has 0 amide bonds. The molecule has 0 unspecified atom stereocenters. The van der Waals surface area contributed by atoms with Crippen LogP contribution in [-0.2, 0) is 4.79 Å². The van der Waals surface area contributed by atoms with Crippen LogP contribution < -0.4 is 5.32 Å². The van der Waals surface area contributed by atoms with Crippen LogP contribution in [0.4, 0.5) is 0 Å². The average molecular weight is 112 g/mol. The van der Waals surface area contributed by atoms with E-state index >= 15 is 0 Å². The van der Waals surface area contributed by atoms with Crippen LogP contribution in [0.1, 0.15) is 13.3 Å². The molecule has 0 aliphatic carbocycles. The van der Waals surface area contributed by atoms with E-state index in [9.17, 15) is 4.79 Å². The lowest BCUT2D eigenvalue weighted by Gasteiger charge is -1.93. The Morgan fingerprint density at radius 1 is 1.75 bits per heavy atom. The van der Waals surface area contributed by atoms with Gasteiger partial charge in [-0.1, -0.05) is 6.92 Å². The predicted octanol–water partition coefficient (Wildman–Crippen LogP) is 0.0941. The highest BCUT2D eigenvalue weighted by molar-refractivity contribution is 5.58. The summed E-state index contributed by atoms with van der Waals surface area (Å²) >= 11 is 0. The Balaban J connectivity index is 2.32. The molecule has 0 aromatic heterocycles. The average Bonchev–Trinajstić information content (AvgIpc) is 2.14. The molecule has 0 aromatic rings. The summed E-state index contributed by atoms with van der Waals surface area (Å²) in [6, 6.07) is 0.0185. The van der Waals surface area contributed by atoms with Crippen molar-refractivity contribution in [1.29, 1.82) is 0 Å². The van der Waals surface area contributed by atoms with Crippen molar-refractivity contribution >= 4 is 6.29 Å². The zero-order valence-corrected chi connectivity index (χ0v) is 4.98. The highest BCUT2D eigenvalue weighted by atomic mass is 16.1. The van der Waals surface area contributed by atoms with Gasteiger partial charge < -0.3 is 5.32 Å². The second-order valence-electron chi connectivity index (χ2n) is 2.42. The molecule has 8 heavy (non-hydrogen) atoms. The zero-order chi connectivity index (χ0) is 5.98. The quantitative estimate of drug-likeness (QED) is 0.521. The van der Waals surface area contributed by atoms with Crippen molar-refractivity contribution in [2.24, 2.45) is 5.92 Å². The summed E-state index contributed by atoms with van der Waals surface area (Å²) in [5, 5.41) is 3.03. The molecule has 1 radical (unpaired) electrons. The van der Waals surface area contributed by atoms with Crippen LogP contribution in [0.2, 0.25) is 0 Å². The van der Waals surface area contributed by atoms with Gasteiger partial charge in [-0.25, -0.2) is 0 Å². The van der Waals surface area contributed by atoms with Gasteiger partial charge in [-0.2, -0.15) is 0 Å². The first kappa shape index (κ1) is 5.76. The Labute approximate surface area is 49.3 Å². The van der Waals surface area contributed by atoms with E-state index in [4.69, 9.17) is 0 Å². The second-order valence-corrected chi connectivity index (χ2v) is 2.42. The van der Waals surface area contributed by atoms with Gasteiger partial charge in [0.2, 0.25) is 6.29 Å². The van der Waals surface area contributed by atoms with Gasteiger partial charge in [0.05, 0.1) is 6.04 Å². The summed E-state index contributed by atoms with van der Waals surface area (Å²) in [7, 11) is 0. The molecule has 1 fully saturated rings. The molecule has 0 saturated carbocycles. The Morgan fingerprint density at radius 3 is 2.75 bits per heavy atom. The number of hydrogen-bond acceptors (Lipinski definition) is 2. The van der Waals surface area contributed by atoms with Crippen LogP contribution in [0.5, 0.6) is 0 Å². The molecule has 0 spiro atoms. The van der Waals surface area contributed by atoms with Gasteiger partial charge in [-0.05, 0) is 18.9 Å². The first-order valence-corrected chi connectivity index (χ1v) is 2.94. The first-order valence-electron chi connectivity index (χ1n) is 2.94. The minimum Gasteiger partial charge on any atom is -0.307 e. The van der Waals surface area contributed by atoms with Crippen molar-refractivity contribution in [3.63, 3.8) is 0 Å². The van der Waals surface area contributed by atoms with Crippen LogP contribution in [0.3, 0.4) is 0 Å². The van der Waals surface area contributed by atoms with Gasteiger partial charge in [-0.3, -0.25) is 4.79 Å². The van der Waals surface area contributed by atoms with Crippen molar-refractivity contribution in [2.45, 2.75) is 19.4 Å². The molecular weight excluding hydrogens is 102 g/mol. The maximum Gasteiger partial charge on any atom is 0.216 e. The number of hydrogen-bond donors (Lipinski definition) is 1. The van der Waals surface area contributed by atoms with E-state index < -0.39 is 0 Å². The highest BCUT2D eigenvalue weighted by Gasteiger charge is 2.19. The van der Waals surface area contributed by atoms with E-state index in [0.29, 0.717) is 5.92 Å². The molecule has 1 N–H and O–H groups in total. The fraction of sp³-hybridized carbons (Fsp3) is 0.833. The maximum absolute atomic E-state index is 9.97. The van der Waals surface area contributed by atoms with Crippen molar-refractivity contribution in [3.05, 3.63) is 0 Å². The molecular formula is C6H10NO. The number of carbonyl (C=O) groups excluding carboxylic acids is 1. The minimum atomic E-state index is 0.0185. The number of rotatable bonds is 1. The van der Waals surface area contributed by atoms with Crippen molar-refractivity contribution in [2.75, 3.05) is 6.54 Å². The van der Waals surface area contributed by atoms with Crippen LogP contribution >= 0.6 is 0 Å². The summed E-state index contributed by atoms with van der Waals surface area (Å²) in [4.78, 5) is 9.97. The summed E-state index contributed by atoms with van der Waals surface area (Å²) < 4.78 is 0. The normalized spacial score (nSPS) is 37.6. The fourth-order valence-electron chi connectivity index (χ4n) is 1.00. The summed E-state index contributed by atoms with van der Waals surface area (Å²) in [6.45, 7) is 3.10. The zero-order valence-electron chi connectivity index (χ0n) is 4.98. The highest BCUT2D eigenvalue weighted by Crippen LogP contribution is 2.09. The van der Waals surface area contributed by atoms with Crippen LogP contribution in [0.25, 0.3) is 0 Å². The van der Waals surface area contributed by atoms with Gasteiger partial charge in [0.15, 0.2) is 0 Å². The third kappa shape index (κ3) is 1.07. The van der Waals surface area contributed by atoms with E-state index in [0.717, 1.165) is 13.0 Å². The van der Waals surface area contributed by atoms with Crippen molar-refractivity contribution < 1.29 is 4.79 Å². The van der Waals surface area contributed by atoms with E-state index in [-0.39, 0.29) is 6.04 Å². The molecule has 45 valence electrons. The molecule has 1 aliphatic heterocycles. The Morgan fingerprint density at radius 2 is 2.50 bits per heavy atom. The van der Waals surface area contributed by atoms with Gasteiger partial charge in [0.1, 0.15) is 0 Å². The molecule has 2 nitrogen and oxygen atoms in total. The van der Waals surface area contributed by atoms with E-state index in [1.54, 1.807) is 0 Å². The SMILES string of the molecule is C[C@H]1CN[C@H]([C]=O)C1. The monoisotopic (exact) mass is 112 g/mol. The van der Waals surface area contributed by atoms with Crippen molar-refractivity contribution in [3.8, 4) is 0 Å².